The standard InChI is InChI=1S/C21H21FN4O5S/c1-27-17-14(7-13-8-16(26-31-13)11-3-5-12(22)6-4-11)15(9-24-25-21(23)32)18-20(19(17)28-2)30-10-29-18/h3-6,9,13H,7-8,10H2,1-2H3,(H3,23,25,32)/b24-9+. The molecule has 0 aliphatic carbocycles. The van der Waals surface area contributed by atoms with Crippen molar-refractivity contribution in [3.8, 4) is 23.0 Å². The molecule has 1 atom stereocenters. The molecule has 2 aliphatic heterocycles. The third kappa shape index (κ3) is 4.24. The van der Waals surface area contributed by atoms with Gasteiger partial charge in [-0.15, -0.1) is 0 Å². The van der Waals surface area contributed by atoms with E-state index >= 15 is 0 Å². The highest BCUT2D eigenvalue weighted by Gasteiger charge is 2.33. The van der Waals surface area contributed by atoms with Gasteiger partial charge in [0, 0.05) is 24.0 Å². The molecule has 3 N–H and O–H groups in total. The minimum Gasteiger partial charge on any atom is -0.492 e. The molecular weight excluding hydrogens is 439 g/mol. The van der Waals surface area contributed by atoms with E-state index in [0.717, 1.165) is 16.8 Å². The molecular formula is C21H21FN4O5S. The molecule has 0 saturated heterocycles. The van der Waals surface area contributed by atoms with Crippen LogP contribution in [0.4, 0.5) is 4.39 Å². The minimum atomic E-state index is -0.309. The number of nitrogens with one attached hydrogen (secondary N) is 1. The summed E-state index contributed by atoms with van der Waals surface area (Å²) in [6.45, 7) is 0.0274. The second kappa shape index (κ2) is 9.27. The number of hydrogen-bond donors (Lipinski definition) is 2. The Hall–Kier alpha value is -3.60. The predicted molar refractivity (Wildman–Crippen MR) is 119 cm³/mol. The molecule has 32 heavy (non-hydrogen) atoms. The molecule has 0 saturated carbocycles. The molecule has 9 nitrogen and oxygen atoms in total. The van der Waals surface area contributed by atoms with E-state index in [4.69, 9.17) is 41.7 Å². The van der Waals surface area contributed by atoms with Gasteiger partial charge in [0.1, 0.15) is 11.9 Å². The lowest BCUT2D eigenvalue weighted by Gasteiger charge is -2.19. The predicted octanol–water partition coefficient (Wildman–Crippen LogP) is 2.47. The minimum absolute atomic E-state index is 0.0218. The number of nitrogens with zero attached hydrogens (tertiary/aromatic N) is 2. The second-order valence-electron chi connectivity index (χ2n) is 6.94. The molecule has 2 heterocycles. The van der Waals surface area contributed by atoms with Crippen LogP contribution in [-0.4, -0.2) is 44.2 Å². The number of rotatable bonds is 7. The largest absolute Gasteiger partial charge is 0.492 e. The van der Waals surface area contributed by atoms with Crippen LogP contribution < -0.4 is 30.1 Å². The zero-order chi connectivity index (χ0) is 22.7. The van der Waals surface area contributed by atoms with E-state index in [1.165, 1.54) is 32.6 Å². The van der Waals surface area contributed by atoms with E-state index in [1.54, 1.807) is 12.1 Å². The van der Waals surface area contributed by atoms with Gasteiger partial charge in [0.25, 0.3) is 0 Å². The van der Waals surface area contributed by atoms with E-state index in [0.29, 0.717) is 41.4 Å². The van der Waals surface area contributed by atoms with Crippen LogP contribution >= 0.6 is 12.2 Å². The van der Waals surface area contributed by atoms with Crippen molar-refractivity contribution < 1.29 is 28.2 Å². The third-order valence-corrected chi connectivity index (χ3v) is 5.08. The van der Waals surface area contributed by atoms with Crippen molar-refractivity contribution in [1.82, 2.24) is 5.43 Å². The summed E-state index contributed by atoms with van der Waals surface area (Å²) in [6.07, 6.45) is 2.15. The van der Waals surface area contributed by atoms with Gasteiger partial charge in [0.05, 0.1) is 26.1 Å². The molecule has 11 heteroatoms. The van der Waals surface area contributed by atoms with Crippen molar-refractivity contribution in [2.45, 2.75) is 18.9 Å². The highest BCUT2D eigenvalue weighted by Crippen LogP contribution is 2.52. The van der Waals surface area contributed by atoms with Crippen LogP contribution in [0.25, 0.3) is 0 Å². The number of benzene rings is 2. The van der Waals surface area contributed by atoms with E-state index in [2.05, 4.69) is 15.7 Å². The molecule has 1 unspecified atom stereocenters. The van der Waals surface area contributed by atoms with Crippen molar-refractivity contribution in [3.63, 3.8) is 0 Å². The number of fused-ring (bicyclic) bond motifs is 1. The van der Waals surface area contributed by atoms with Gasteiger partial charge in [-0.25, -0.2) is 4.39 Å². The summed E-state index contributed by atoms with van der Waals surface area (Å²) in [6, 6.07) is 6.12. The zero-order valence-corrected chi connectivity index (χ0v) is 18.2. The number of oxime groups is 1. The number of nitrogens with two attached hydrogens (primary N) is 1. The summed E-state index contributed by atoms with van der Waals surface area (Å²) in [4.78, 5) is 5.67. The lowest BCUT2D eigenvalue weighted by Crippen LogP contribution is -2.24. The fourth-order valence-corrected chi connectivity index (χ4v) is 3.68. The smallest absolute Gasteiger partial charge is 0.231 e. The van der Waals surface area contributed by atoms with Crippen LogP contribution in [0.1, 0.15) is 23.1 Å². The van der Waals surface area contributed by atoms with E-state index in [9.17, 15) is 4.39 Å². The van der Waals surface area contributed by atoms with Gasteiger partial charge >= 0.3 is 0 Å². The monoisotopic (exact) mass is 460 g/mol. The normalized spacial score (nSPS) is 16.6. The first-order valence-electron chi connectivity index (χ1n) is 9.65. The average Bonchev–Trinajstić information content (AvgIpc) is 3.44. The number of hydrazone groups is 1. The molecule has 0 bridgehead atoms. The molecule has 168 valence electrons. The van der Waals surface area contributed by atoms with Gasteiger partial charge < -0.3 is 29.5 Å². The Bertz CT molecular complexity index is 1090. The Morgan fingerprint density at radius 2 is 1.97 bits per heavy atom. The van der Waals surface area contributed by atoms with Gasteiger partial charge in [-0.1, -0.05) is 17.3 Å². The third-order valence-electron chi connectivity index (χ3n) is 4.99. The Kier molecular flexibility index (Phi) is 6.26. The second-order valence-corrected chi connectivity index (χ2v) is 7.38. The quantitative estimate of drug-likeness (QED) is 0.369. The van der Waals surface area contributed by atoms with Crippen molar-refractivity contribution in [1.29, 1.82) is 0 Å². The number of halogens is 1. The summed E-state index contributed by atoms with van der Waals surface area (Å²) in [7, 11) is 3.06. The van der Waals surface area contributed by atoms with Crippen LogP contribution in [0.2, 0.25) is 0 Å². The fourth-order valence-electron chi connectivity index (χ4n) is 3.63. The summed E-state index contributed by atoms with van der Waals surface area (Å²) >= 11 is 4.81. The average molecular weight is 460 g/mol. The van der Waals surface area contributed by atoms with Crippen LogP contribution in [0.3, 0.4) is 0 Å². The van der Waals surface area contributed by atoms with Crippen LogP contribution in [0.5, 0.6) is 23.0 Å². The number of thiocarbonyl (C=S) groups is 1. The van der Waals surface area contributed by atoms with Crippen LogP contribution in [-0.2, 0) is 11.3 Å². The molecule has 2 aliphatic rings. The summed E-state index contributed by atoms with van der Waals surface area (Å²) in [5.41, 5.74) is 10.9. The molecule has 0 aromatic heterocycles. The lowest BCUT2D eigenvalue weighted by molar-refractivity contribution is 0.0853. The highest BCUT2D eigenvalue weighted by atomic mass is 32.1. The first-order valence-corrected chi connectivity index (χ1v) is 10.1. The molecule has 4 rings (SSSR count). The summed E-state index contributed by atoms with van der Waals surface area (Å²) in [5, 5.41) is 8.28. The van der Waals surface area contributed by atoms with Crippen molar-refractivity contribution >= 4 is 29.3 Å². The van der Waals surface area contributed by atoms with Crippen molar-refractivity contribution in [3.05, 3.63) is 46.8 Å². The maximum Gasteiger partial charge on any atom is 0.231 e. The Morgan fingerprint density at radius 1 is 1.25 bits per heavy atom. The van der Waals surface area contributed by atoms with Gasteiger partial charge in [-0.05, 0) is 29.9 Å². The summed E-state index contributed by atoms with van der Waals surface area (Å²) in [5.74, 6) is 1.44. The fraction of sp³-hybridized carbons (Fsp3) is 0.286. The number of methoxy groups -OCH3 is 2. The number of ether oxygens (including phenoxy) is 4. The van der Waals surface area contributed by atoms with Gasteiger partial charge in [0.15, 0.2) is 16.6 Å². The Morgan fingerprint density at radius 3 is 2.66 bits per heavy atom. The molecule has 0 amide bonds. The highest BCUT2D eigenvalue weighted by molar-refractivity contribution is 7.80. The first-order chi connectivity index (χ1) is 15.5. The molecule has 0 radical (unpaired) electrons. The van der Waals surface area contributed by atoms with Crippen LogP contribution in [0.15, 0.2) is 34.5 Å². The molecule has 2 aromatic rings. The van der Waals surface area contributed by atoms with E-state index < -0.39 is 0 Å². The van der Waals surface area contributed by atoms with Crippen LogP contribution in [0, 0.1) is 5.82 Å². The summed E-state index contributed by atoms with van der Waals surface area (Å²) < 4.78 is 35.7. The lowest BCUT2D eigenvalue weighted by atomic mass is 9.95. The molecule has 0 fully saturated rings. The van der Waals surface area contributed by atoms with E-state index in [1.807, 2.05) is 0 Å². The molecule has 2 aromatic carbocycles. The van der Waals surface area contributed by atoms with Crippen molar-refractivity contribution in [2.24, 2.45) is 16.0 Å². The first kappa shape index (κ1) is 21.6. The van der Waals surface area contributed by atoms with E-state index in [-0.39, 0.29) is 23.8 Å². The van der Waals surface area contributed by atoms with Gasteiger partial charge in [0.2, 0.25) is 18.3 Å². The number of hydrogen-bond acceptors (Lipinski definition) is 8. The SMILES string of the molecule is COc1c(CC2CC(c3ccc(F)cc3)=NO2)c(/C=N/NC(N)=S)c2c(c1OC)OCO2. The maximum absolute atomic E-state index is 13.2. The van der Waals surface area contributed by atoms with Gasteiger partial charge in [-0.2, -0.15) is 5.10 Å². The van der Waals surface area contributed by atoms with Crippen molar-refractivity contribution in [2.75, 3.05) is 21.0 Å². The zero-order valence-electron chi connectivity index (χ0n) is 17.4. The Balaban J connectivity index is 1.67. The maximum atomic E-state index is 13.2. The molecule has 0 spiro atoms. The Labute approximate surface area is 188 Å². The topological polar surface area (TPSA) is 109 Å². The van der Waals surface area contributed by atoms with Gasteiger partial charge in [-0.3, -0.25) is 5.43 Å².